The second-order valence-electron chi connectivity index (χ2n) is 6.41. The highest BCUT2D eigenvalue weighted by molar-refractivity contribution is 5.85. The van der Waals surface area contributed by atoms with Gasteiger partial charge < -0.3 is 9.80 Å². The van der Waals surface area contributed by atoms with Crippen LogP contribution in [0.3, 0.4) is 0 Å². The van der Waals surface area contributed by atoms with Crippen molar-refractivity contribution in [2.75, 3.05) is 13.6 Å². The van der Waals surface area contributed by atoms with E-state index < -0.39 is 0 Å². The topological polar surface area (TPSA) is 40.6 Å². The average molecular weight is 250 g/mol. The van der Waals surface area contributed by atoms with Crippen LogP contribution in [0.5, 0.6) is 0 Å². The summed E-state index contributed by atoms with van der Waals surface area (Å²) in [7, 11) is 1.88. The lowest BCUT2D eigenvalue weighted by atomic mass is 9.96. The number of nitrogens with zero attached hydrogens (tertiary/aromatic N) is 2. The molecule has 2 aliphatic heterocycles. The molecule has 0 aromatic carbocycles. The van der Waals surface area contributed by atoms with Crippen LogP contribution in [0, 0.1) is 17.8 Å². The third-order valence-corrected chi connectivity index (χ3v) is 5.10. The summed E-state index contributed by atoms with van der Waals surface area (Å²) in [5.41, 5.74) is 0. The Labute approximate surface area is 108 Å². The number of hydrogen-bond acceptors (Lipinski definition) is 2. The number of carbonyl (C=O) groups excluding carboxylic acids is 2. The van der Waals surface area contributed by atoms with Crippen molar-refractivity contribution in [3.05, 3.63) is 0 Å². The molecule has 0 spiro atoms. The number of piperidine rings is 1. The van der Waals surface area contributed by atoms with Crippen molar-refractivity contribution in [1.82, 2.24) is 9.80 Å². The van der Waals surface area contributed by atoms with E-state index in [1.807, 2.05) is 16.8 Å². The molecule has 4 heteroatoms. The summed E-state index contributed by atoms with van der Waals surface area (Å²) in [5.74, 6) is 1.66. The van der Waals surface area contributed by atoms with E-state index in [0.29, 0.717) is 23.8 Å². The summed E-state index contributed by atoms with van der Waals surface area (Å²) >= 11 is 0. The minimum absolute atomic E-state index is 0.115. The predicted molar refractivity (Wildman–Crippen MR) is 67.7 cm³/mol. The quantitative estimate of drug-likeness (QED) is 0.753. The molecule has 2 heterocycles. The Morgan fingerprint density at radius 2 is 2.00 bits per heavy atom. The fraction of sp³-hybridized carbons (Fsp3) is 0.857. The molecule has 100 valence electrons. The van der Waals surface area contributed by atoms with Gasteiger partial charge in [0.15, 0.2) is 0 Å². The van der Waals surface area contributed by atoms with Gasteiger partial charge in [0, 0.05) is 37.5 Å². The largest absolute Gasteiger partial charge is 0.343 e. The minimum atomic E-state index is 0.115. The lowest BCUT2D eigenvalue weighted by Gasteiger charge is -2.27. The van der Waals surface area contributed by atoms with E-state index in [0.717, 1.165) is 25.8 Å². The van der Waals surface area contributed by atoms with Crippen LogP contribution < -0.4 is 0 Å². The summed E-state index contributed by atoms with van der Waals surface area (Å²) in [6.45, 7) is 5.12. The lowest BCUT2D eigenvalue weighted by Crippen LogP contribution is -2.38. The second kappa shape index (κ2) is 3.97. The van der Waals surface area contributed by atoms with E-state index in [1.165, 1.54) is 0 Å². The highest BCUT2D eigenvalue weighted by atomic mass is 16.2. The monoisotopic (exact) mass is 250 g/mol. The van der Waals surface area contributed by atoms with Gasteiger partial charge in [-0.3, -0.25) is 9.59 Å². The van der Waals surface area contributed by atoms with Crippen LogP contribution in [0.25, 0.3) is 0 Å². The van der Waals surface area contributed by atoms with E-state index in [4.69, 9.17) is 0 Å². The van der Waals surface area contributed by atoms with Crippen LogP contribution in [0.1, 0.15) is 33.1 Å². The van der Waals surface area contributed by atoms with Gasteiger partial charge >= 0.3 is 0 Å². The van der Waals surface area contributed by atoms with Crippen molar-refractivity contribution in [2.24, 2.45) is 17.8 Å². The normalized spacial score (nSPS) is 40.4. The predicted octanol–water partition coefficient (Wildman–Crippen LogP) is 1.11. The van der Waals surface area contributed by atoms with Crippen LogP contribution in [0.15, 0.2) is 0 Å². The molecule has 3 rings (SSSR count). The van der Waals surface area contributed by atoms with Crippen molar-refractivity contribution in [1.29, 1.82) is 0 Å². The zero-order chi connectivity index (χ0) is 13.0. The Kier molecular flexibility index (Phi) is 2.65. The van der Waals surface area contributed by atoms with Crippen molar-refractivity contribution >= 4 is 11.8 Å². The Balaban J connectivity index is 1.60. The molecule has 0 bridgehead atoms. The second-order valence-corrected chi connectivity index (χ2v) is 6.41. The van der Waals surface area contributed by atoms with Crippen LogP contribution in [-0.4, -0.2) is 47.3 Å². The molecule has 0 aromatic heterocycles. The van der Waals surface area contributed by atoms with Crippen LogP contribution in [-0.2, 0) is 9.59 Å². The molecular weight excluding hydrogens is 228 g/mol. The summed E-state index contributed by atoms with van der Waals surface area (Å²) in [6.07, 6.45) is 2.87. The molecule has 3 aliphatic rings. The van der Waals surface area contributed by atoms with Crippen molar-refractivity contribution in [2.45, 2.75) is 45.2 Å². The molecule has 1 saturated carbocycles. The van der Waals surface area contributed by atoms with Gasteiger partial charge in [0.25, 0.3) is 0 Å². The highest BCUT2D eigenvalue weighted by Crippen LogP contribution is 2.47. The lowest BCUT2D eigenvalue weighted by molar-refractivity contribution is -0.134. The van der Waals surface area contributed by atoms with Gasteiger partial charge in [-0.05, 0) is 39.0 Å². The maximum atomic E-state index is 12.0. The average Bonchev–Trinajstić information content (AvgIpc) is 2.99. The van der Waals surface area contributed by atoms with Crippen molar-refractivity contribution < 1.29 is 9.59 Å². The molecule has 1 aliphatic carbocycles. The van der Waals surface area contributed by atoms with Crippen LogP contribution >= 0.6 is 0 Å². The molecule has 0 aromatic rings. The number of rotatable bonds is 3. The molecule has 0 radical (unpaired) electrons. The molecule has 0 N–H and O–H groups in total. The molecule has 5 atom stereocenters. The standard InChI is InChI=1S/C14H22N2O2/c1-8-4-10(13(17)15(8)3)5-9(2)16-7-11-6-12(11)14(16)18/h8-12H,4-7H2,1-3H3/t8-,9?,10?,11-,12?/m1/s1. The number of likely N-dealkylation sites (tertiary alicyclic amines) is 2. The highest BCUT2D eigenvalue weighted by Gasteiger charge is 2.53. The molecule has 3 fully saturated rings. The Morgan fingerprint density at radius 1 is 1.28 bits per heavy atom. The smallest absolute Gasteiger partial charge is 0.226 e. The number of hydrogen-bond donors (Lipinski definition) is 0. The molecule has 3 unspecified atom stereocenters. The molecule has 18 heavy (non-hydrogen) atoms. The first-order valence-corrected chi connectivity index (χ1v) is 7.06. The molecule has 2 saturated heterocycles. The van der Waals surface area contributed by atoms with E-state index in [9.17, 15) is 9.59 Å². The minimum Gasteiger partial charge on any atom is -0.343 e. The Hall–Kier alpha value is -1.06. The van der Waals surface area contributed by atoms with Crippen LogP contribution in [0.2, 0.25) is 0 Å². The molecule has 4 nitrogen and oxygen atoms in total. The van der Waals surface area contributed by atoms with E-state index in [1.54, 1.807) is 0 Å². The van der Waals surface area contributed by atoms with E-state index in [-0.39, 0.29) is 17.9 Å². The zero-order valence-electron chi connectivity index (χ0n) is 11.4. The Morgan fingerprint density at radius 3 is 2.50 bits per heavy atom. The zero-order valence-corrected chi connectivity index (χ0v) is 11.4. The van der Waals surface area contributed by atoms with E-state index in [2.05, 4.69) is 13.8 Å². The van der Waals surface area contributed by atoms with Gasteiger partial charge in [-0.1, -0.05) is 0 Å². The van der Waals surface area contributed by atoms with Gasteiger partial charge in [0.1, 0.15) is 0 Å². The van der Waals surface area contributed by atoms with E-state index >= 15 is 0 Å². The fourth-order valence-corrected chi connectivity index (χ4v) is 3.62. The third-order valence-electron chi connectivity index (χ3n) is 5.10. The van der Waals surface area contributed by atoms with Gasteiger partial charge in [0.05, 0.1) is 0 Å². The van der Waals surface area contributed by atoms with Crippen molar-refractivity contribution in [3.63, 3.8) is 0 Å². The number of amides is 2. The van der Waals surface area contributed by atoms with Gasteiger partial charge in [0.2, 0.25) is 11.8 Å². The number of fused-ring (bicyclic) bond motifs is 1. The van der Waals surface area contributed by atoms with Gasteiger partial charge in [-0.15, -0.1) is 0 Å². The van der Waals surface area contributed by atoms with Gasteiger partial charge in [-0.25, -0.2) is 0 Å². The maximum absolute atomic E-state index is 12.0. The SMILES string of the molecule is CC(CC1C[C@@H](C)N(C)C1=O)N1C[C@H]2CC2C1=O. The first-order valence-electron chi connectivity index (χ1n) is 7.06. The first kappa shape index (κ1) is 12.0. The third kappa shape index (κ3) is 1.73. The fourth-order valence-electron chi connectivity index (χ4n) is 3.62. The summed E-state index contributed by atoms with van der Waals surface area (Å²) in [6, 6.07) is 0.565. The molecular formula is C14H22N2O2. The summed E-state index contributed by atoms with van der Waals surface area (Å²) in [4.78, 5) is 27.9. The Bertz CT molecular complexity index is 395. The number of carbonyl (C=O) groups is 2. The summed E-state index contributed by atoms with van der Waals surface area (Å²) < 4.78 is 0. The van der Waals surface area contributed by atoms with Crippen molar-refractivity contribution in [3.8, 4) is 0 Å². The summed E-state index contributed by atoms with van der Waals surface area (Å²) in [5, 5.41) is 0. The molecule has 2 amide bonds. The first-order chi connectivity index (χ1) is 8.49. The van der Waals surface area contributed by atoms with Crippen LogP contribution in [0.4, 0.5) is 0 Å². The maximum Gasteiger partial charge on any atom is 0.226 e. The van der Waals surface area contributed by atoms with Gasteiger partial charge in [-0.2, -0.15) is 0 Å².